The van der Waals surface area contributed by atoms with Gasteiger partial charge in [-0.1, -0.05) is 46.6 Å². The smallest absolute Gasteiger partial charge is 0.315 e. The van der Waals surface area contributed by atoms with Gasteiger partial charge in [0.05, 0.1) is 20.3 Å². The van der Waals surface area contributed by atoms with Gasteiger partial charge < -0.3 is 14.2 Å². The van der Waals surface area contributed by atoms with Crippen LogP contribution in [-0.4, -0.2) is 37.8 Å². The molecular formula is C28H39NO5. The number of hydrogen-bond donors (Lipinski definition) is 0. The van der Waals surface area contributed by atoms with Crippen molar-refractivity contribution in [1.82, 2.24) is 0 Å². The molecule has 1 aliphatic carbocycles. The van der Waals surface area contributed by atoms with Gasteiger partial charge in [-0.3, -0.25) is 14.6 Å². The van der Waals surface area contributed by atoms with Gasteiger partial charge in [-0.25, -0.2) is 0 Å². The Balaban J connectivity index is 2.05. The third kappa shape index (κ3) is 5.70. The van der Waals surface area contributed by atoms with Crippen molar-refractivity contribution in [2.24, 2.45) is 16.3 Å². The number of nitrogens with zero attached hydrogens (tertiary/aromatic N) is 1. The molecule has 1 aromatic rings. The lowest BCUT2D eigenvalue weighted by Crippen LogP contribution is -2.39. The van der Waals surface area contributed by atoms with Crippen LogP contribution in [-0.2, 0) is 14.3 Å². The minimum Gasteiger partial charge on any atom is -0.493 e. The van der Waals surface area contributed by atoms with Crippen molar-refractivity contribution in [3.8, 4) is 11.5 Å². The predicted molar refractivity (Wildman–Crippen MR) is 134 cm³/mol. The standard InChI is InChI=1S/C28H39NO5/c1-7-9-10-14-34-27(31)24-18(3)29-20-16-28(4,5)17-21(30)26(20)25(24)19-11-12-22(33-13-8-2)23(15-19)32-6/h11-12,15,24-25H,7-10,13-14,16-17H2,1-6H3/t24?,25-/m0/s1. The van der Waals surface area contributed by atoms with E-state index in [0.29, 0.717) is 48.8 Å². The molecular weight excluding hydrogens is 430 g/mol. The van der Waals surface area contributed by atoms with Crippen molar-refractivity contribution < 1.29 is 23.8 Å². The number of esters is 1. The van der Waals surface area contributed by atoms with Gasteiger partial charge >= 0.3 is 5.97 Å². The molecule has 2 atom stereocenters. The minimum atomic E-state index is -0.641. The first kappa shape index (κ1) is 26.0. The number of aliphatic imine (C=N–C) groups is 1. The second kappa shape index (κ2) is 11.2. The summed E-state index contributed by atoms with van der Waals surface area (Å²) in [6.45, 7) is 11.2. The summed E-state index contributed by atoms with van der Waals surface area (Å²) in [4.78, 5) is 31.6. The monoisotopic (exact) mass is 469 g/mol. The zero-order valence-electron chi connectivity index (χ0n) is 21.5. The lowest BCUT2D eigenvalue weighted by Gasteiger charge is -2.39. The van der Waals surface area contributed by atoms with E-state index in [4.69, 9.17) is 19.2 Å². The maximum absolute atomic E-state index is 13.4. The van der Waals surface area contributed by atoms with E-state index in [1.165, 1.54) is 0 Å². The number of carbonyl (C=O) groups is 2. The van der Waals surface area contributed by atoms with Gasteiger partial charge in [0.25, 0.3) is 0 Å². The highest BCUT2D eigenvalue weighted by atomic mass is 16.5. The second-order valence-corrected chi connectivity index (χ2v) is 10.1. The van der Waals surface area contributed by atoms with Crippen LogP contribution in [0.3, 0.4) is 0 Å². The van der Waals surface area contributed by atoms with Gasteiger partial charge in [-0.05, 0) is 49.3 Å². The van der Waals surface area contributed by atoms with Gasteiger partial charge in [0, 0.05) is 29.3 Å². The Kier molecular flexibility index (Phi) is 8.56. The summed E-state index contributed by atoms with van der Waals surface area (Å²) in [6.07, 6.45) is 4.91. The molecule has 2 aliphatic rings. The van der Waals surface area contributed by atoms with E-state index >= 15 is 0 Å². The Bertz CT molecular complexity index is 975. The molecule has 186 valence electrons. The number of ether oxygens (including phenoxy) is 3. The molecule has 0 saturated heterocycles. The van der Waals surface area contributed by atoms with Crippen LogP contribution in [0.1, 0.15) is 84.6 Å². The molecule has 0 radical (unpaired) electrons. The zero-order valence-corrected chi connectivity index (χ0v) is 21.5. The average molecular weight is 470 g/mol. The second-order valence-electron chi connectivity index (χ2n) is 10.1. The van der Waals surface area contributed by atoms with Gasteiger partial charge in [0.1, 0.15) is 5.92 Å². The summed E-state index contributed by atoms with van der Waals surface area (Å²) in [5.74, 6) is -0.120. The maximum Gasteiger partial charge on any atom is 0.315 e. The SMILES string of the molecule is CCCCCOC(=O)C1C(C)=NC2=C(C(=O)CC(C)(C)C2)[C@H]1c1ccc(OCCC)c(OC)c1. The summed E-state index contributed by atoms with van der Waals surface area (Å²) in [5, 5.41) is 0. The van der Waals surface area contributed by atoms with Crippen molar-refractivity contribution in [3.05, 3.63) is 35.0 Å². The lowest BCUT2D eigenvalue weighted by atomic mass is 9.67. The highest BCUT2D eigenvalue weighted by Crippen LogP contribution is 2.48. The van der Waals surface area contributed by atoms with Crippen molar-refractivity contribution in [1.29, 1.82) is 0 Å². The van der Waals surface area contributed by atoms with E-state index in [-0.39, 0.29) is 17.2 Å². The van der Waals surface area contributed by atoms with Crippen LogP contribution < -0.4 is 9.47 Å². The number of allylic oxidation sites excluding steroid dienone is 2. The van der Waals surface area contributed by atoms with Crippen LogP contribution in [0.4, 0.5) is 0 Å². The predicted octanol–water partition coefficient (Wildman–Crippen LogP) is 6.03. The number of unbranched alkanes of at least 4 members (excludes halogenated alkanes) is 2. The molecule has 0 fully saturated rings. The molecule has 0 amide bonds. The molecule has 6 heteroatoms. The third-order valence-corrected chi connectivity index (χ3v) is 6.56. The van der Waals surface area contributed by atoms with Crippen LogP contribution in [0.25, 0.3) is 0 Å². The molecule has 0 aromatic heterocycles. The molecule has 0 spiro atoms. The normalized spacial score (nSPS) is 21.6. The topological polar surface area (TPSA) is 74.2 Å². The van der Waals surface area contributed by atoms with Crippen molar-refractivity contribution >= 4 is 17.5 Å². The van der Waals surface area contributed by atoms with E-state index in [1.54, 1.807) is 7.11 Å². The largest absolute Gasteiger partial charge is 0.493 e. The number of Topliss-reactive ketones (excluding diaryl/α,β-unsaturated/α-hetero) is 1. The van der Waals surface area contributed by atoms with Crippen LogP contribution in [0.2, 0.25) is 0 Å². The Morgan fingerprint density at radius 3 is 2.53 bits per heavy atom. The fourth-order valence-electron chi connectivity index (χ4n) is 4.93. The minimum absolute atomic E-state index is 0.0570. The van der Waals surface area contributed by atoms with Gasteiger partial charge in [-0.2, -0.15) is 0 Å². The molecule has 3 rings (SSSR count). The van der Waals surface area contributed by atoms with Crippen LogP contribution >= 0.6 is 0 Å². The lowest BCUT2D eigenvalue weighted by molar-refractivity contribution is -0.146. The number of benzene rings is 1. The fourth-order valence-corrected chi connectivity index (χ4v) is 4.93. The summed E-state index contributed by atoms with van der Waals surface area (Å²) in [7, 11) is 1.60. The summed E-state index contributed by atoms with van der Waals surface area (Å²) >= 11 is 0. The first-order valence-electron chi connectivity index (χ1n) is 12.5. The van der Waals surface area contributed by atoms with Crippen molar-refractivity contribution in [2.45, 2.75) is 79.1 Å². The Hall–Kier alpha value is -2.63. The molecule has 1 heterocycles. The Labute approximate surface area is 203 Å². The highest BCUT2D eigenvalue weighted by molar-refractivity contribution is 6.09. The first-order chi connectivity index (χ1) is 16.2. The molecule has 1 aliphatic heterocycles. The van der Waals surface area contributed by atoms with Gasteiger partial charge in [-0.15, -0.1) is 0 Å². The van der Waals surface area contributed by atoms with Gasteiger partial charge in [0.15, 0.2) is 17.3 Å². The zero-order chi connectivity index (χ0) is 24.9. The van der Waals surface area contributed by atoms with E-state index < -0.39 is 11.8 Å². The molecule has 1 unspecified atom stereocenters. The van der Waals surface area contributed by atoms with Gasteiger partial charge in [0.2, 0.25) is 0 Å². The third-order valence-electron chi connectivity index (χ3n) is 6.56. The first-order valence-corrected chi connectivity index (χ1v) is 12.5. The van der Waals surface area contributed by atoms with Crippen LogP contribution in [0.15, 0.2) is 34.5 Å². The average Bonchev–Trinajstić information content (AvgIpc) is 2.78. The number of hydrogen-bond acceptors (Lipinski definition) is 6. The van der Waals surface area contributed by atoms with E-state index in [1.807, 2.05) is 32.0 Å². The van der Waals surface area contributed by atoms with E-state index in [2.05, 4.69) is 20.8 Å². The number of carbonyl (C=O) groups excluding carboxylic acids is 2. The molecule has 1 aromatic carbocycles. The summed E-state index contributed by atoms with van der Waals surface area (Å²) in [5.41, 5.74) is 2.81. The summed E-state index contributed by atoms with van der Waals surface area (Å²) in [6, 6.07) is 5.70. The van der Waals surface area contributed by atoms with E-state index in [0.717, 1.165) is 36.9 Å². The molecule has 0 N–H and O–H groups in total. The molecule has 34 heavy (non-hydrogen) atoms. The highest BCUT2D eigenvalue weighted by Gasteiger charge is 2.46. The number of rotatable bonds is 10. The van der Waals surface area contributed by atoms with E-state index in [9.17, 15) is 9.59 Å². The summed E-state index contributed by atoms with van der Waals surface area (Å²) < 4.78 is 17.1. The molecule has 0 bridgehead atoms. The number of ketones is 1. The maximum atomic E-state index is 13.4. The molecule has 6 nitrogen and oxygen atoms in total. The van der Waals surface area contributed by atoms with Crippen LogP contribution in [0, 0.1) is 11.3 Å². The van der Waals surface area contributed by atoms with Crippen LogP contribution in [0.5, 0.6) is 11.5 Å². The Morgan fingerprint density at radius 1 is 1.09 bits per heavy atom. The fraction of sp³-hybridized carbons (Fsp3) is 0.607. The van der Waals surface area contributed by atoms with Crippen molar-refractivity contribution in [2.75, 3.05) is 20.3 Å². The van der Waals surface area contributed by atoms with Crippen molar-refractivity contribution in [3.63, 3.8) is 0 Å². The molecule has 0 saturated carbocycles. The Morgan fingerprint density at radius 2 is 1.85 bits per heavy atom. The number of methoxy groups -OCH3 is 1. The quantitative estimate of drug-likeness (QED) is 0.309.